The molecule has 1 rings (SSSR count). The molecular formula is C16H26N2O2. The number of carbonyl (C=O) groups excluding carboxylic acids is 1. The normalized spacial score (nSPS) is 13.9. The summed E-state index contributed by atoms with van der Waals surface area (Å²) in [5.74, 6) is 1.05. The number of hydrogen-bond donors (Lipinski definition) is 2. The average Bonchev–Trinajstić information content (AvgIpc) is 2.36. The molecule has 0 aromatic heterocycles. The van der Waals surface area contributed by atoms with Crippen molar-refractivity contribution in [3.8, 4) is 5.75 Å². The maximum Gasteiger partial charge on any atom is 0.244 e. The number of amides is 1. The van der Waals surface area contributed by atoms with Gasteiger partial charge in [-0.05, 0) is 31.4 Å². The Morgan fingerprint density at radius 3 is 2.75 bits per heavy atom. The minimum Gasteiger partial charge on any atom is -0.493 e. The molecule has 4 nitrogen and oxygen atoms in total. The predicted molar refractivity (Wildman–Crippen MR) is 82.9 cm³/mol. The molecule has 0 aliphatic carbocycles. The van der Waals surface area contributed by atoms with E-state index in [0.29, 0.717) is 24.6 Å². The van der Waals surface area contributed by atoms with Gasteiger partial charge in [0.25, 0.3) is 0 Å². The molecule has 0 aliphatic heterocycles. The summed E-state index contributed by atoms with van der Waals surface area (Å²) >= 11 is 0. The first-order valence-electron chi connectivity index (χ1n) is 7.18. The number of ether oxygens (including phenoxy) is 1. The van der Waals surface area contributed by atoms with E-state index in [1.54, 1.807) is 6.92 Å². The fourth-order valence-corrected chi connectivity index (χ4v) is 1.83. The molecular weight excluding hydrogens is 252 g/mol. The summed E-state index contributed by atoms with van der Waals surface area (Å²) in [4.78, 5) is 12.1. The van der Waals surface area contributed by atoms with Gasteiger partial charge >= 0.3 is 0 Å². The van der Waals surface area contributed by atoms with Gasteiger partial charge in [0.1, 0.15) is 5.75 Å². The molecule has 3 N–H and O–H groups in total. The van der Waals surface area contributed by atoms with Crippen LogP contribution in [0, 0.1) is 5.92 Å². The van der Waals surface area contributed by atoms with Crippen molar-refractivity contribution in [3.05, 3.63) is 24.3 Å². The van der Waals surface area contributed by atoms with Crippen LogP contribution in [0.3, 0.4) is 0 Å². The van der Waals surface area contributed by atoms with Gasteiger partial charge < -0.3 is 15.8 Å². The number of nitrogens with two attached hydrogens (primary N) is 1. The van der Waals surface area contributed by atoms with E-state index in [4.69, 9.17) is 10.5 Å². The van der Waals surface area contributed by atoms with Crippen molar-refractivity contribution < 1.29 is 9.53 Å². The van der Waals surface area contributed by atoms with E-state index in [1.807, 2.05) is 31.2 Å². The van der Waals surface area contributed by atoms with Gasteiger partial charge in [0.05, 0.1) is 12.1 Å². The van der Waals surface area contributed by atoms with Gasteiger partial charge in [-0.3, -0.25) is 4.79 Å². The maximum absolute atomic E-state index is 12.1. The largest absolute Gasteiger partial charge is 0.493 e. The number of hydrogen-bond acceptors (Lipinski definition) is 3. The molecule has 0 radical (unpaired) electrons. The Morgan fingerprint density at radius 2 is 2.15 bits per heavy atom. The van der Waals surface area contributed by atoms with Gasteiger partial charge in [0.15, 0.2) is 0 Å². The molecule has 1 atom stereocenters. The van der Waals surface area contributed by atoms with Crippen molar-refractivity contribution in [2.24, 2.45) is 11.7 Å². The van der Waals surface area contributed by atoms with Crippen LogP contribution in [0.1, 0.15) is 40.5 Å². The molecule has 1 amide bonds. The summed E-state index contributed by atoms with van der Waals surface area (Å²) in [6.45, 7) is 8.61. The first-order valence-corrected chi connectivity index (χ1v) is 7.18. The Bertz CT molecular complexity index is 442. The molecule has 0 saturated heterocycles. The minimum atomic E-state index is -0.844. The lowest BCUT2D eigenvalue weighted by atomic mass is 9.96. The SMILES string of the molecule is CCCC(C)(N)C(=O)Nc1cccc(OCC(C)C)c1. The van der Waals surface area contributed by atoms with Gasteiger partial charge in [-0.15, -0.1) is 0 Å². The molecule has 0 aliphatic rings. The Balaban J connectivity index is 2.68. The quantitative estimate of drug-likeness (QED) is 0.805. The zero-order chi connectivity index (χ0) is 15.2. The van der Waals surface area contributed by atoms with E-state index in [2.05, 4.69) is 19.2 Å². The van der Waals surface area contributed by atoms with Crippen LogP contribution in [0.15, 0.2) is 24.3 Å². The number of rotatable bonds is 7. The van der Waals surface area contributed by atoms with Crippen molar-refractivity contribution in [2.45, 2.75) is 46.1 Å². The molecule has 20 heavy (non-hydrogen) atoms. The van der Waals surface area contributed by atoms with Gasteiger partial charge in [-0.1, -0.05) is 33.3 Å². The van der Waals surface area contributed by atoms with Crippen molar-refractivity contribution in [1.82, 2.24) is 0 Å². The summed E-state index contributed by atoms with van der Waals surface area (Å²) in [6, 6.07) is 7.40. The minimum absolute atomic E-state index is 0.166. The van der Waals surface area contributed by atoms with E-state index in [0.717, 1.165) is 12.2 Å². The highest BCUT2D eigenvalue weighted by Crippen LogP contribution is 2.20. The topological polar surface area (TPSA) is 64.4 Å². The fraction of sp³-hybridized carbons (Fsp3) is 0.562. The average molecular weight is 278 g/mol. The highest BCUT2D eigenvalue weighted by atomic mass is 16.5. The number of nitrogens with one attached hydrogen (secondary N) is 1. The molecule has 1 aromatic carbocycles. The lowest BCUT2D eigenvalue weighted by molar-refractivity contribution is -0.120. The van der Waals surface area contributed by atoms with Crippen LogP contribution in [0.25, 0.3) is 0 Å². The summed E-state index contributed by atoms with van der Waals surface area (Å²) in [7, 11) is 0. The van der Waals surface area contributed by atoms with Crippen LogP contribution in [0.2, 0.25) is 0 Å². The smallest absolute Gasteiger partial charge is 0.244 e. The van der Waals surface area contributed by atoms with Gasteiger partial charge in [-0.25, -0.2) is 0 Å². The van der Waals surface area contributed by atoms with E-state index in [9.17, 15) is 4.79 Å². The standard InChI is InChI=1S/C16H26N2O2/c1-5-9-16(4,17)15(19)18-13-7-6-8-14(10-13)20-11-12(2)3/h6-8,10,12H,5,9,11,17H2,1-4H3,(H,18,19). The summed E-state index contributed by atoms with van der Waals surface area (Å²) < 4.78 is 5.64. The third-order valence-corrected chi connectivity index (χ3v) is 2.96. The molecule has 1 aromatic rings. The summed E-state index contributed by atoms with van der Waals surface area (Å²) in [6.07, 6.45) is 1.53. The number of carbonyl (C=O) groups is 1. The zero-order valence-corrected chi connectivity index (χ0v) is 12.9. The van der Waals surface area contributed by atoms with E-state index >= 15 is 0 Å². The number of anilines is 1. The van der Waals surface area contributed by atoms with Crippen LogP contribution in [-0.4, -0.2) is 18.1 Å². The van der Waals surface area contributed by atoms with Crippen LogP contribution in [0.4, 0.5) is 5.69 Å². The van der Waals surface area contributed by atoms with E-state index in [-0.39, 0.29) is 5.91 Å². The summed E-state index contributed by atoms with van der Waals surface area (Å²) in [5.41, 5.74) is 5.88. The first kappa shape index (κ1) is 16.5. The molecule has 1 unspecified atom stereocenters. The maximum atomic E-state index is 12.1. The molecule has 0 fully saturated rings. The second-order valence-electron chi connectivity index (χ2n) is 5.85. The van der Waals surface area contributed by atoms with Crippen molar-refractivity contribution in [1.29, 1.82) is 0 Å². The highest BCUT2D eigenvalue weighted by Gasteiger charge is 2.27. The Morgan fingerprint density at radius 1 is 1.45 bits per heavy atom. The molecule has 0 bridgehead atoms. The van der Waals surface area contributed by atoms with Crippen molar-refractivity contribution in [3.63, 3.8) is 0 Å². The molecule has 112 valence electrons. The molecule has 0 spiro atoms. The third kappa shape index (κ3) is 5.21. The summed E-state index contributed by atoms with van der Waals surface area (Å²) in [5, 5.41) is 2.85. The lowest BCUT2D eigenvalue weighted by Gasteiger charge is -2.23. The van der Waals surface area contributed by atoms with Crippen LogP contribution < -0.4 is 15.8 Å². The Labute approximate surface area is 121 Å². The van der Waals surface area contributed by atoms with Gasteiger partial charge in [0.2, 0.25) is 5.91 Å². The highest BCUT2D eigenvalue weighted by molar-refractivity contribution is 5.97. The van der Waals surface area contributed by atoms with Gasteiger partial charge in [0, 0.05) is 11.8 Å². The second kappa shape index (κ2) is 7.29. The monoisotopic (exact) mass is 278 g/mol. The Kier molecular flexibility index (Phi) is 6.02. The lowest BCUT2D eigenvalue weighted by Crippen LogP contribution is -2.48. The molecule has 0 heterocycles. The van der Waals surface area contributed by atoms with E-state index in [1.165, 1.54) is 0 Å². The zero-order valence-electron chi connectivity index (χ0n) is 12.9. The van der Waals surface area contributed by atoms with Crippen molar-refractivity contribution in [2.75, 3.05) is 11.9 Å². The predicted octanol–water partition coefficient (Wildman–Crippen LogP) is 3.18. The molecule has 4 heteroatoms. The van der Waals surface area contributed by atoms with Crippen LogP contribution in [-0.2, 0) is 4.79 Å². The van der Waals surface area contributed by atoms with Gasteiger partial charge in [-0.2, -0.15) is 0 Å². The van der Waals surface area contributed by atoms with E-state index < -0.39 is 5.54 Å². The number of benzene rings is 1. The second-order valence-corrected chi connectivity index (χ2v) is 5.85. The third-order valence-electron chi connectivity index (χ3n) is 2.96. The first-order chi connectivity index (χ1) is 9.35. The molecule has 0 saturated carbocycles. The van der Waals surface area contributed by atoms with Crippen LogP contribution in [0.5, 0.6) is 5.75 Å². The Hall–Kier alpha value is -1.55. The fourth-order valence-electron chi connectivity index (χ4n) is 1.83. The van der Waals surface area contributed by atoms with Crippen LogP contribution >= 0.6 is 0 Å². The van der Waals surface area contributed by atoms with Crippen molar-refractivity contribution >= 4 is 11.6 Å².